The van der Waals surface area contributed by atoms with Crippen molar-refractivity contribution >= 4 is 22.9 Å². The van der Waals surface area contributed by atoms with Gasteiger partial charge in [0.1, 0.15) is 6.54 Å². The predicted octanol–water partition coefficient (Wildman–Crippen LogP) is 0.412. The molecule has 1 aromatic heterocycles. The van der Waals surface area contributed by atoms with E-state index in [0.29, 0.717) is 5.95 Å². The SMILES string of the molecule is Cc1ccc2c(c1)nc(N)n2CC(N)=O. The largest absolute Gasteiger partial charge is 0.369 e. The second kappa shape index (κ2) is 3.27. The predicted molar refractivity (Wildman–Crippen MR) is 58.1 cm³/mol. The van der Waals surface area contributed by atoms with Gasteiger partial charge >= 0.3 is 0 Å². The Morgan fingerprint density at radius 2 is 2.27 bits per heavy atom. The van der Waals surface area contributed by atoms with Gasteiger partial charge in [0, 0.05) is 0 Å². The maximum Gasteiger partial charge on any atom is 0.237 e. The summed E-state index contributed by atoms with van der Waals surface area (Å²) >= 11 is 0. The van der Waals surface area contributed by atoms with Gasteiger partial charge in [0.05, 0.1) is 11.0 Å². The Hall–Kier alpha value is -2.04. The number of rotatable bonds is 2. The van der Waals surface area contributed by atoms with Gasteiger partial charge in [-0.1, -0.05) is 6.07 Å². The van der Waals surface area contributed by atoms with E-state index in [9.17, 15) is 4.79 Å². The number of anilines is 1. The Morgan fingerprint density at radius 1 is 1.53 bits per heavy atom. The van der Waals surface area contributed by atoms with E-state index >= 15 is 0 Å². The number of primary amides is 1. The lowest BCUT2D eigenvalue weighted by atomic mass is 10.2. The molecule has 0 unspecified atom stereocenters. The summed E-state index contributed by atoms with van der Waals surface area (Å²) in [6.45, 7) is 2.04. The molecule has 2 aromatic rings. The van der Waals surface area contributed by atoms with Crippen molar-refractivity contribution in [2.75, 3.05) is 5.73 Å². The zero-order chi connectivity index (χ0) is 11.0. The first kappa shape index (κ1) is 9.51. The minimum absolute atomic E-state index is 0.0609. The number of imidazole rings is 1. The van der Waals surface area contributed by atoms with Crippen LogP contribution >= 0.6 is 0 Å². The van der Waals surface area contributed by atoms with Crippen molar-refractivity contribution < 1.29 is 4.79 Å². The van der Waals surface area contributed by atoms with Gasteiger partial charge in [-0.2, -0.15) is 0 Å². The Labute approximate surface area is 86.7 Å². The van der Waals surface area contributed by atoms with Crippen molar-refractivity contribution in [2.45, 2.75) is 13.5 Å². The van der Waals surface area contributed by atoms with Gasteiger partial charge in [-0.05, 0) is 24.6 Å². The van der Waals surface area contributed by atoms with Crippen LogP contribution in [-0.4, -0.2) is 15.5 Å². The number of benzene rings is 1. The molecule has 2 rings (SSSR count). The lowest BCUT2D eigenvalue weighted by Crippen LogP contribution is -2.19. The molecule has 5 heteroatoms. The highest BCUT2D eigenvalue weighted by Gasteiger charge is 2.09. The first-order valence-corrected chi connectivity index (χ1v) is 4.58. The van der Waals surface area contributed by atoms with E-state index in [0.717, 1.165) is 16.6 Å². The molecule has 15 heavy (non-hydrogen) atoms. The average Bonchev–Trinajstić information content (AvgIpc) is 2.41. The molecule has 4 N–H and O–H groups in total. The monoisotopic (exact) mass is 204 g/mol. The van der Waals surface area contributed by atoms with Crippen LogP contribution in [0.4, 0.5) is 5.95 Å². The van der Waals surface area contributed by atoms with E-state index in [1.165, 1.54) is 0 Å². The van der Waals surface area contributed by atoms with Crippen LogP contribution in [0.15, 0.2) is 18.2 Å². The summed E-state index contributed by atoms with van der Waals surface area (Å²) in [6, 6.07) is 5.75. The fourth-order valence-corrected chi connectivity index (χ4v) is 1.58. The normalized spacial score (nSPS) is 10.7. The van der Waals surface area contributed by atoms with Gasteiger partial charge in [0.2, 0.25) is 11.9 Å². The molecule has 0 aliphatic heterocycles. The minimum Gasteiger partial charge on any atom is -0.369 e. The van der Waals surface area contributed by atoms with Crippen LogP contribution < -0.4 is 11.5 Å². The molecule has 0 bridgehead atoms. The first-order valence-electron chi connectivity index (χ1n) is 4.58. The molecule has 0 saturated carbocycles. The Bertz CT molecular complexity index is 529. The summed E-state index contributed by atoms with van der Waals surface area (Å²) < 4.78 is 1.61. The summed E-state index contributed by atoms with van der Waals surface area (Å²) in [5, 5.41) is 0. The molecule has 0 spiro atoms. The Kier molecular flexibility index (Phi) is 2.07. The molecule has 1 heterocycles. The van der Waals surface area contributed by atoms with Crippen LogP contribution in [0, 0.1) is 6.92 Å². The van der Waals surface area contributed by atoms with Crippen LogP contribution in [0.1, 0.15) is 5.56 Å². The second-order valence-corrected chi connectivity index (χ2v) is 3.51. The van der Waals surface area contributed by atoms with Gasteiger partial charge in [-0.15, -0.1) is 0 Å². The maximum absolute atomic E-state index is 10.8. The summed E-state index contributed by atoms with van der Waals surface area (Å²) in [5.41, 5.74) is 13.5. The van der Waals surface area contributed by atoms with Crippen LogP contribution in [-0.2, 0) is 11.3 Å². The Balaban J connectivity index is 2.63. The lowest BCUT2D eigenvalue weighted by molar-refractivity contribution is -0.118. The van der Waals surface area contributed by atoms with Crippen molar-refractivity contribution in [3.05, 3.63) is 23.8 Å². The van der Waals surface area contributed by atoms with E-state index in [-0.39, 0.29) is 6.54 Å². The molecule has 0 aliphatic rings. The molecule has 0 atom stereocenters. The second-order valence-electron chi connectivity index (χ2n) is 3.51. The van der Waals surface area contributed by atoms with Crippen LogP contribution in [0.25, 0.3) is 11.0 Å². The van der Waals surface area contributed by atoms with Crippen LogP contribution in [0.5, 0.6) is 0 Å². The molecule has 78 valence electrons. The molecule has 0 radical (unpaired) electrons. The summed E-state index contributed by atoms with van der Waals surface area (Å²) in [4.78, 5) is 15.0. The molecule has 0 aliphatic carbocycles. The number of fused-ring (bicyclic) bond motifs is 1. The number of nitrogens with zero attached hydrogens (tertiary/aromatic N) is 2. The molecule has 1 aromatic carbocycles. The fraction of sp³-hybridized carbons (Fsp3) is 0.200. The first-order chi connectivity index (χ1) is 7.08. The highest BCUT2D eigenvalue weighted by molar-refractivity contribution is 5.82. The number of hydrogen-bond donors (Lipinski definition) is 2. The average molecular weight is 204 g/mol. The van der Waals surface area contributed by atoms with Gasteiger partial charge in [0.15, 0.2) is 0 Å². The smallest absolute Gasteiger partial charge is 0.237 e. The van der Waals surface area contributed by atoms with Crippen molar-refractivity contribution in [2.24, 2.45) is 5.73 Å². The summed E-state index contributed by atoms with van der Waals surface area (Å²) in [7, 11) is 0. The van der Waals surface area contributed by atoms with E-state index in [2.05, 4.69) is 4.98 Å². The standard InChI is InChI=1S/C10H12N4O/c1-6-2-3-8-7(4-6)13-10(12)14(8)5-9(11)15/h2-4H,5H2,1H3,(H2,11,15)(H2,12,13). The number of aromatic nitrogens is 2. The number of nitrogens with two attached hydrogens (primary N) is 2. The number of amides is 1. The topological polar surface area (TPSA) is 86.9 Å². The maximum atomic E-state index is 10.8. The third-order valence-electron chi connectivity index (χ3n) is 2.25. The van der Waals surface area contributed by atoms with Crippen molar-refractivity contribution in [3.8, 4) is 0 Å². The summed E-state index contributed by atoms with van der Waals surface area (Å²) in [5.74, 6) is -0.115. The quantitative estimate of drug-likeness (QED) is 0.742. The Morgan fingerprint density at radius 3 is 2.93 bits per heavy atom. The molecule has 0 fully saturated rings. The number of hydrogen-bond acceptors (Lipinski definition) is 3. The molecule has 0 saturated heterocycles. The number of aryl methyl sites for hydroxylation is 1. The van der Waals surface area contributed by atoms with E-state index < -0.39 is 5.91 Å². The highest BCUT2D eigenvalue weighted by Crippen LogP contribution is 2.18. The number of nitrogen functional groups attached to an aromatic ring is 1. The highest BCUT2D eigenvalue weighted by atomic mass is 16.1. The van der Waals surface area contributed by atoms with E-state index in [1.807, 2.05) is 25.1 Å². The van der Waals surface area contributed by atoms with Crippen molar-refractivity contribution in [1.82, 2.24) is 9.55 Å². The number of carbonyl (C=O) groups is 1. The van der Waals surface area contributed by atoms with Crippen molar-refractivity contribution in [1.29, 1.82) is 0 Å². The van der Waals surface area contributed by atoms with Gasteiger partial charge in [0.25, 0.3) is 0 Å². The van der Waals surface area contributed by atoms with Crippen LogP contribution in [0.3, 0.4) is 0 Å². The van der Waals surface area contributed by atoms with Gasteiger partial charge in [-0.3, -0.25) is 4.79 Å². The zero-order valence-electron chi connectivity index (χ0n) is 8.40. The fourth-order valence-electron chi connectivity index (χ4n) is 1.58. The zero-order valence-corrected chi connectivity index (χ0v) is 8.40. The third-order valence-corrected chi connectivity index (χ3v) is 2.25. The molecule has 1 amide bonds. The van der Waals surface area contributed by atoms with Gasteiger partial charge < -0.3 is 16.0 Å². The van der Waals surface area contributed by atoms with Crippen molar-refractivity contribution in [3.63, 3.8) is 0 Å². The third kappa shape index (κ3) is 1.63. The number of carbonyl (C=O) groups excluding carboxylic acids is 1. The van der Waals surface area contributed by atoms with E-state index in [1.54, 1.807) is 4.57 Å². The molecular formula is C10H12N4O. The van der Waals surface area contributed by atoms with Crippen LogP contribution in [0.2, 0.25) is 0 Å². The lowest BCUT2D eigenvalue weighted by Gasteiger charge is -2.02. The van der Waals surface area contributed by atoms with E-state index in [4.69, 9.17) is 11.5 Å². The molecule has 5 nitrogen and oxygen atoms in total. The summed E-state index contributed by atoms with van der Waals surface area (Å²) in [6.07, 6.45) is 0. The minimum atomic E-state index is -0.429. The molecular weight excluding hydrogens is 192 g/mol. The van der Waals surface area contributed by atoms with Gasteiger partial charge in [-0.25, -0.2) is 4.98 Å².